The molecule has 4 aromatic rings. The van der Waals surface area contributed by atoms with Crippen LogP contribution in [0.1, 0.15) is 12.5 Å². The van der Waals surface area contributed by atoms with Gasteiger partial charge in [0.1, 0.15) is 0 Å². The maximum Gasteiger partial charge on any atom is 0.337 e. The van der Waals surface area contributed by atoms with Crippen LogP contribution in [0.5, 0.6) is 0 Å². The van der Waals surface area contributed by atoms with E-state index in [2.05, 4.69) is 4.98 Å². The van der Waals surface area contributed by atoms with Crippen molar-refractivity contribution in [2.45, 2.75) is 20.0 Å². The van der Waals surface area contributed by atoms with Crippen molar-refractivity contribution in [3.63, 3.8) is 0 Å². The maximum absolute atomic E-state index is 13.0. The SMILES string of the molecule is CCn1c(=O)c2c(ncn2Cc2ccccc2)n(-c2ccccc2Cl)c1=O. The molecule has 0 saturated carbocycles. The first-order valence-electron chi connectivity index (χ1n) is 8.61. The van der Waals surface area contributed by atoms with Crippen LogP contribution in [-0.2, 0) is 13.1 Å². The summed E-state index contributed by atoms with van der Waals surface area (Å²) in [5.41, 5.74) is 1.41. The molecule has 2 heterocycles. The Bertz CT molecular complexity index is 1240. The number of para-hydroxylation sites is 1. The highest BCUT2D eigenvalue weighted by Gasteiger charge is 2.19. The van der Waals surface area contributed by atoms with Crippen molar-refractivity contribution in [3.05, 3.63) is 92.3 Å². The van der Waals surface area contributed by atoms with Gasteiger partial charge in [0.25, 0.3) is 5.56 Å². The second kappa shape index (κ2) is 6.89. The van der Waals surface area contributed by atoms with E-state index in [1.54, 1.807) is 42.1 Å². The largest absolute Gasteiger partial charge is 0.337 e. The Morgan fingerprint density at radius 1 is 1.00 bits per heavy atom. The molecule has 0 saturated heterocycles. The highest BCUT2D eigenvalue weighted by molar-refractivity contribution is 6.32. The van der Waals surface area contributed by atoms with Gasteiger partial charge in [0.2, 0.25) is 0 Å². The number of rotatable bonds is 4. The molecule has 0 aliphatic carbocycles. The molecule has 136 valence electrons. The molecule has 7 heteroatoms. The van der Waals surface area contributed by atoms with Crippen molar-refractivity contribution >= 4 is 22.8 Å². The van der Waals surface area contributed by atoms with Crippen LogP contribution in [0.15, 0.2) is 70.5 Å². The monoisotopic (exact) mass is 380 g/mol. The predicted molar refractivity (Wildman–Crippen MR) is 106 cm³/mol. The lowest BCUT2D eigenvalue weighted by molar-refractivity contribution is 0.655. The summed E-state index contributed by atoms with van der Waals surface area (Å²) in [5.74, 6) is 0. The third-order valence-corrected chi connectivity index (χ3v) is 4.83. The Labute approximate surface area is 159 Å². The molecule has 0 aliphatic heterocycles. The Morgan fingerprint density at radius 3 is 2.41 bits per heavy atom. The first-order valence-corrected chi connectivity index (χ1v) is 8.99. The number of imidazole rings is 1. The fourth-order valence-corrected chi connectivity index (χ4v) is 3.43. The smallest absolute Gasteiger partial charge is 0.320 e. The minimum absolute atomic E-state index is 0.259. The number of hydrogen-bond donors (Lipinski definition) is 0. The van der Waals surface area contributed by atoms with Crippen molar-refractivity contribution in [1.82, 2.24) is 18.7 Å². The highest BCUT2D eigenvalue weighted by Crippen LogP contribution is 2.21. The van der Waals surface area contributed by atoms with Crippen LogP contribution in [0.4, 0.5) is 0 Å². The Balaban J connectivity index is 2.04. The summed E-state index contributed by atoms with van der Waals surface area (Å²) >= 11 is 6.32. The third-order valence-electron chi connectivity index (χ3n) is 4.51. The van der Waals surface area contributed by atoms with Gasteiger partial charge in [0.05, 0.1) is 17.0 Å². The molecule has 0 bridgehead atoms. The van der Waals surface area contributed by atoms with Crippen LogP contribution in [0.3, 0.4) is 0 Å². The van der Waals surface area contributed by atoms with E-state index in [0.717, 1.165) is 5.56 Å². The fraction of sp³-hybridized carbons (Fsp3) is 0.150. The number of benzene rings is 2. The van der Waals surface area contributed by atoms with Gasteiger partial charge in [-0.15, -0.1) is 0 Å². The van der Waals surface area contributed by atoms with E-state index in [9.17, 15) is 9.59 Å². The Kier molecular flexibility index (Phi) is 4.41. The fourth-order valence-electron chi connectivity index (χ4n) is 3.21. The van der Waals surface area contributed by atoms with Gasteiger partial charge in [-0.05, 0) is 24.6 Å². The van der Waals surface area contributed by atoms with Gasteiger partial charge in [-0.1, -0.05) is 54.1 Å². The van der Waals surface area contributed by atoms with Crippen molar-refractivity contribution < 1.29 is 0 Å². The van der Waals surface area contributed by atoms with Crippen LogP contribution >= 0.6 is 11.6 Å². The van der Waals surface area contributed by atoms with Crippen molar-refractivity contribution in [3.8, 4) is 5.69 Å². The summed E-state index contributed by atoms with van der Waals surface area (Å²) in [6.07, 6.45) is 1.59. The van der Waals surface area contributed by atoms with Crippen LogP contribution < -0.4 is 11.2 Å². The van der Waals surface area contributed by atoms with Gasteiger partial charge in [-0.2, -0.15) is 0 Å². The molecule has 2 aromatic heterocycles. The molecule has 0 spiro atoms. The molecular formula is C20H17ClN4O2. The first kappa shape index (κ1) is 17.3. The lowest BCUT2D eigenvalue weighted by Crippen LogP contribution is -2.39. The van der Waals surface area contributed by atoms with E-state index >= 15 is 0 Å². The molecule has 0 N–H and O–H groups in total. The number of nitrogens with zero attached hydrogens (tertiary/aromatic N) is 4. The zero-order chi connectivity index (χ0) is 19.0. The third kappa shape index (κ3) is 2.88. The highest BCUT2D eigenvalue weighted by atomic mass is 35.5. The Morgan fingerprint density at radius 2 is 1.70 bits per heavy atom. The number of fused-ring (bicyclic) bond motifs is 1. The average molecular weight is 381 g/mol. The normalized spacial score (nSPS) is 11.2. The van der Waals surface area contributed by atoms with E-state index in [0.29, 0.717) is 28.4 Å². The molecule has 27 heavy (non-hydrogen) atoms. The summed E-state index contributed by atoms with van der Waals surface area (Å²) in [6.45, 7) is 2.51. The quantitative estimate of drug-likeness (QED) is 0.546. The van der Waals surface area contributed by atoms with Gasteiger partial charge in [-0.3, -0.25) is 9.36 Å². The molecule has 6 nitrogen and oxygen atoms in total. The van der Waals surface area contributed by atoms with Crippen LogP contribution in [0.25, 0.3) is 16.9 Å². The minimum Gasteiger partial charge on any atom is -0.320 e. The van der Waals surface area contributed by atoms with Gasteiger partial charge in [0.15, 0.2) is 11.2 Å². The van der Waals surface area contributed by atoms with E-state index in [-0.39, 0.29) is 12.1 Å². The topological polar surface area (TPSA) is 61.8 Å². The Hall–Kier alpha value is -3.12. The maximum atomic E-state index is 13.0. The molecule has 0 amide bonds. The lowest BCUT2D eigenvalue weighted by atomic mass is 10.2. The summed E-state index contributed by atoms with van der Waals surface area (Å²) < 4.78 is 4.38. The second-order valence-corrected chi connectivity index (χ2v) is 6.56. The zero-order valence-electron chi connectivity index (χ0n) is 14.7. The lowest BCUT2D eigenvalue weighted by Gasteiger charge is -2.12. The van der Waals surface area contributed by atoms with E-state index < -0.39 is 5.69 Å². The molecule has 2 aromatic carbocycles. The molecule has 0 aliphatic rings. The molecule has 4 rings (SSSR count). The van der Waals surface area contributed by atoms with Crippen LogP contribution in [0, 0.1) is 0 Å². The number of aromatic nitrogens is 4. The van der Waals surface area contributed by atoms with E-state index in [4.69, 9.17) is 11.6 Å². The van der Waals surface area contributed by atoms with Gasteiger partial charge in [-0.25, -0.2) is 14.3 Å². The van der Waals surface area contributed by atoms with Crippen molar-refractivity contribution in [1.29, 1.82) is 0 Å². The first-order chi connectivity index (χ1) is 13.1. The van der Waals surface area contributed by atoms with Gasteiger partial charge >= 0.3 is 5.69 Å². The zero-order valence-corrected chi connectivity index (χ0v) is 15.4. The second-order valence-electron chi connectivity index (χ2n) is 6.15. The average Bonchev–Trinajstić information content (AvgIpc) is 3.08. The minimum atomic E-state index is -0.451. The van der Waals surface area contributed by atoms with Crippen molar-refractivity contribution in [2.24, 2.45) is 0 Å². The standard InChI is InChI=1S/C20H17ClN4O2/c1-2-24-19(26)17-18(22-13-23(17)12-14-8-4-3-5-9-14)25(20(24)27)16-11-7-6-10-15(16)21/h3-11,13H,2,12H2,1H3. The molecule has 0 unspecified atom stereocenters. The summed E-state index contributed by atoms with van der Waals surface area (Å²) in [7, 11) is 0. The van der Waals surface area contributed by atoms with Gasteiger partial charge in [0, 0.05) is 13.1 Å². The van der Waals surface area contributed by atoms with E-state index in [1.165, 1.54) is 9.13 Å². The summed E-state index contributed by atoms with van der Waals surface area (Å²) in [6, 6.07) is 16.8. The number of halogens is 1. The molecule has 0 atom stereocenters. The van der Waals surface area contributed by atoms with Crippen LogP contribution in [0.2, 0.25) is 5.02 Å². The summed E-state index contributed by atoms with van der Waals surface area (Å²) in [5, 5.41) is 0.416. The number of hydrogen-bond acceptors (Lipinski definition) is 3. The molecule has 0 radical (unpaired) electrons. The predicted octanol–water partition coefficient (Wildman–Crippen LogP) is 3.07. The van der Waals surface area contributed by atoms with Crippen LogP contribution in [-0.4, -0.2) is 18.7 Å². The summed E-state index contributed by atoms with van der Waals surface area (Å²) in [4.78, 5) is 30.3. The molecular weight excluding hydrogens is 364 g/mol. The van der Waals surface area contributed by atoms with Gasteiger partial charge < -0.3 is 4.57 Å². The molecule has 0 fully saturated rings. The van der Waals surface area contributed by atoms with Crippen molar-refractivity contribution in [2.75, 3.05) is 0 Å². The van der Waals surface area contributed by atoms with E-state index in [1.807, 2.05) is 30.3 Å².